The van der Waals surface area contributed by atoms with Crippen LogP contribution in [0.4, 0.5) is 0 Å². The highest BCUT2D eigenvalue weighted by Gasteiger charge is 2.50. The molecule has 3 N–H and O–H groups in total. The molecule has 2 heterocycles. The van der Waals surface area contributed by atoms with Gasteiger partial charge in [-0.1, -0.05) is 13.8 Å². The Bertz CT molecular complexity index is 766. The van der Waals surface area contributed by atoms with Crippen LogP contribution in [0.2, 0.25) is 0 Å². The molecular weight excluding hydrogens is 292 g/mol. The van der Waals surface area contributed by atoms with Gasteiger partial charge in [-0.3, -0.25) is 4.79 Å². The van der Waals surface area contributed by atoms with Gasteiger partial charge in [-0.15, -0.1) is 0 Å². The highest BCUT2D eigenvalue weighted by atomic mass is 32.2. The smallest absolute Gasteiger partial charge is 0.247 e. The number of H-pyrrole nitrogens is 1. The number of sulfonamides is 1. The van der Waals surface area contributed by atoms with E-state index in [1.165, 1.54) is 30.7 Å². The molecule has 0 saturated carbocycles. The summed E-state index contributed by atoms with van der Waals surface area (Å²) in [7, 11) is -4.09. The second kappa shape index (κ2) is 5.38. The van der Waals surface area contributed by atoms with Crippen molar-refractivity contribution in [3.63, 3.8) is 0 Å². The minimum atomic E-state index is -4.09. The van der Waals surface area contributed by atoms with Crippen LogP contribution < -0.4 is 10.7 Å². The maximum atomic E-state index is 12.4. The first kappa shape index (κ1) is 15.3. The van der Waals surface area contributed by atoms with Gasteiger partial charge in [0.25, 0.3) is 0 Å². The highest BCUT2D eigenvalue weighted by molar-refractivity contribution is 7.90. The van der Waals surface area contributed by atoms with Crippen LogP contribution in [0.25, 0.3) is 0 Å². The molecule has 0 aliphatic rings. The van der Waals surface area contributed by atoms with Crippen molar-refractivity contribution < 1.29 is 8.42 Å². The van der Waals surface area contributed by atoms with Crippen molar-refractivity contribution in [3.05, 3.63) is 58.5 Å². The zero-order valence-corrected chi connectivity index (χ0v) is 12.5. The maximum absolute atomic E-state index is 12.4. The van der Waals surface area contributed by atoms with E-state index >= 15 is 0 Å². The van der Waals surface area contributed by atoms with E-state index in [0.717, 1.165) is 0 Å². The number of primary sulfonamides is 1. The summed E-state index contributed by atoms with van der Waals surface area (Å²) in [5.74, 6) is -0.365. The van der Waals surface area contributed by atoms with Crippen molar-refractivity contribution in [2.24, 2.45) is 11.1 Å². The third-order valence-corrected chi connectivity index (χ3v) is 5.16. The van der Waals surface area contributed by atoms with Gasteiger partial charge in [-0.05, 0) is 23.6 Å². The lowest BCUT2D eigenvalue weighted by Gasteiger charge is -2.33. The van der Waals surface area contributed by atoms with E-state index in [2.05, 4.69) is 15.0 Å². The molecule has 7 nitrogen and oxygen atoms in total. The van der Waals surface area contributed by atoms with Crippen molar-refractivity contribution >= 4 is 10.0 Å². The largest absolute Gasteiger partial charge is 0.329 e. The van der Waals surface area contributed by atoms with Crippen molar-refractivity contribution in [3.8, 4) is 0 Å². The highest BCUT2D eigenvalue weighted by Crippen LogP contribution is 2.40. The quantitative estimate of drug-likeness (QED) is 0.845. The van der Waals surface area contributed by atoms with E-state index in [1.807, 2.05) is 0 Å². The van der Waals surface area contributed by atoms with Crippen LogP contribution in [0, 0.1) is 5.92 Å². The van der Waals surface area contributed by atoms with Gasteiger partial charge in [-0.25, -0.2) is 23.5 Å². The molecule has 1 unspecified atom stereocenters. The molecule has 0 aromatic carbocycles. The number of nitrogens with zero attached hydrogens (tertiary/aromatic N) is 2. The Morgan fingerprint density at radius 3 is 2.29 bits per heavy atom. The van der Waals surface area contributed by atoms with E-state index in [0.29, 0.717) is 5.56 Å². The molecule has 0 saturated heterocycles. The number of aromatic amines is 1. The fourth-order valence-corrected chi connectivity index (χ4v) is 3.95. The lowest BCUT2D eigenvalue weighted by molar-refractivity contribution is 0.445. The summed E-state index contributed by atoms with van der Waals surface area (Å²) in [6.45, 7) is 3.43. The summed E-state index contributed by atoms with van der Waals surface area (Å²) in [5, 5.41) is 5.52. The molecule has 0 aliphatic carbocycles. The van der Waals surface area contributed by atoms with Gasteiger partial charge in [0, 0.05) is 24.7 Å². The van der Waals surface area contributed by atoms with E-state index in [-0.39, 0.29) is 11.4 Å². The van der Waals surface area contributed by atoms with Gasteiger partial charge in [0.15, 0.2) is 10.6 Å². The van der Waals surface area contributed by atoms with Crippen molar-refractivity contribution in [1.29, 1.82) is 0 Å². The van der Waals surface area contributed by atoms with Crippen LogP contribution in [0.5, 0.6) is 0 Å². The number of nitrogens with one attached hydrogen (secondary N) is 1. The molecule has 2 aromatic heterocycles. The Morgan fingerprint density at radius 2 is 1.86 bits per heavy atom. The summed E-state index contributed by atoms with van der Waals surface area (Å²) in [4.78, 5) is 21.9. The molecule has 8 heteroatoms. The first-order valence-corrected chi connectivity index (χ1v) is 7.84. The van der Waals surface area contributed by atoms with Crippen LogP contribution >= 0.6 is 0 Å². The number of hydrogen-bond donors (Lipinski definition) is 2. The standard InChI is InChI=1S/C13H16N4O3S/c1-9(2)13(21(14,19)20,12-15-6-3-7-16-12)10-4-5-11(18)17-8-10/h3-9H,1-2H3,(H,17,18)(H2,14,19,20). The van der Waals surface area contributed by atoms with Gasteiger partial charge in [0.05, 0.1) is 0 Å². The number of rotatable bonds is 4. The number of pyridine rings is 1. The molecule has 2 aromatic rings. The maximum Gasteiger partial charge on any atom is 0.247 e. The second-order valence-electron chi connectivity index (χ2n) is 4.95. The fourth-order valence-electron chi connectivity index (χ4n) is 2.47. The summed E-state index contributed by atoms with van der Waals surface area (Å²) in [6.07, 6.45) is 4.25. The van der Waals surface area contributed by atoms with E-state index in [1.54, 1.807) is 19.9 Å². The average Bonchev–Trinajstić information content (AvgIpc) is 2.41. The predicted molar refractivity (Wildman–Crippen MR) is 77.8 cm³/mol. The Labute approximate surface area is 122 Å². The number of aromatic nitrogens is 3. The minimum absolute atomic E-state index is 0.0783. The average molecular weight is 308 g/mol. The predicted octanol–water partition coefficient (Wildman–Crippen LogP) is 0.353. The number of hydrogen-bond acceptors (Lipinski definition) is 5. The fraction of sp³-hybridized carbons (Fsp3) is 0.308. The second-order valence-corrected chi connectivity index (χ2v) is 6.68. The van der Waals surface area contributed by atoms with E-state index in [9.17, 15) is 13.2 Å². The molecular formula is C13H16N4O3S. The summed E-state index contributed by atoms with van der Waals surface area (Å²) in [5.41, 5.74) is -0.00870. The molecule has 112 valence electrons. The van der Waals surface area contributed by atoms with Gasteiger partial charge < -0.3 is 4.98 Å². The lowest BCUT2D eigenvalue weighted by Crippen LogP contribution is -2.47. The molecule has 0 amide bonds. The van der Waals surface area contributed by atoms with Gasteiger partial charge >= 0.3 is 0 Å². The van der Waals surface area contributed by atoms with Gasteiger partial charge in [-0.2, -0.15) is 0 Å². The molecule has 0 aliphatic heterocycles. The van der Waals surface area contributed by atoms with Crippen molar-refractivity contribution in [2.75, 3.05) is 0 Å². The molecule has 0 fully saturated rings. The minimum Gasteiger partial charge on any atom is -0.329 e. The summed E-state index contributed by atoms with van der Waals surface area (Å²) >= 11 is 0. The van der Waals surface area contributed by atoms with Crippen molar-refractivity contribution in [2.45, 2.75) is 18.6 Å². The monoisotopic (exact) mass is 308 g/mol. The van der Waals surface area contributed by atoms with E-state index < -0.39 is 20.7 Å². The molecule has 21 heavy (non-hydrogen) atoms. The zero-order valence-electron chi connectivity index (χ0n) is 11.6. The Morgan fingerprint density at radius 1 is 1.24 bits per heavy atom. The van der Waals surface area contributed by atoms with Crippen LogP contribution in [0.15, 0.2) is 41.6 Å². The zero-order chi connectivity index (χ0) is 15.7. The number of nitrogens with two attached hydrogens (primary N) is 1. The molecule has 2 rings (SSSR count). The summed E-state index contributed by atoms with van der Waals surface area (Å²) < 4.78 is 23.1. The Hall–Kier alpha value is -2.06. The SMILES string of the molecule is CC(C)C(c1ccc(=O)[nH]c1)(c1ncccn1)S(N)(=O)=O. The first-order valence-electron chi connectivity index (χ1n) is 6.29. The Kier molecular flexibility index (Phi) is 3.93. The van der Waals surface area contributed by atoms with Gasteiger partial charge in [0.1, 0.15) is 0 Å². The Balaban J connectivity index is 2.87. The van der Waals surface area contributed by atoms with Crippen LogP contribution in [-0.2, 0) is 14.8 Å². The van der Waals surface area contributed by atoms with Crippen LogP contribution in [-0.4, -0.2) is 23.4 Å². The molecule has 0 spiro atoms. The molecule has 0 bridgehead atoms. The third-order valence-electron chi connectivity index (χ3n) is 3.37. The lowest BCUT2D eigenvalue weighted by atomic mass is 9.87. The topological polar surface area (TPSA) is 119 Å². The van der Waals surface area contributed by atoms with E-state index in [4.69, 9.17) is 5.14 Å². The van der Waals surface area contributed by atoms with Crippen LogP contribution in [0.3, 0.4) is 0 Å². The summed E-state index contributed by atoms with van der Waals surface area (Å²) in [6, 6.07) is 4.27. The normalized spacial score (nSPS) is 14.9. The molecule has 1 atom stereocenters. The first-order chi connectivity index (χ1) is 9.80. The van der Waals surface area contributed by atoms with Crippen LogP contribution in [0.1, 0.15) is 25.2 Å². The van der Waals surface area contributed by atoms with Crippen molar-refractivity contribution in [1.82, 2.24) is 15.0 Å². The van der Waals surface area contributed by atoms with Gasteiger partial charge in [0.2, 0.25) is 15.6 Å². The third kappa shape index (κ3) is 2.47. The molecule has 0 radical (unpaired) electrons.